The van der Waals surface area contributed by atoms with E-state index in [1.165, 1.54) is 0 Å². The molecule has 0 aromatic carbocycles. The van der Waals surface area contributed by atoms with E-state index in [-0.39, 0.29) is 11.8 Å². The van der Waals surface area contributed by atoms with Crippen molar-refractivity contribution >= 4 is 17.4 Å². The summed E-state index contributed by atoms with van der Waals surface area (Å²) < 4.78 is 9.19. The summed E-state index contributed by atoms with van der Waals surface area (Å²) in [5.74, 6) is 2.59. The molecule has 0 unspecified atom stereocenters. The number of piperidine rings is 1. The zero-order valence-electron chi connectivity index (χ0n) is 16.7. The molecule has 10 heteroatoms. The van der Waals surface area contributed by atoms with Crippen LogP contribution in [0.15, 0.2) is 18.2 Å². The molecule has 1 saturated heterocycles. The Balaban J connectivity index is 1.30. The minimum Gasteiger partial charge on any atom is -0.478 e. The van der Waals surface area contributed by atoms with Crippen LogP contribution >= 0.6 is 0 Å². The second-order valence-electron chi connectivity index (χ2n) is 7.77. The number of rotatable bonds is 3. The first-order valence-electron chi connectivity index (χ1n) is 10.00. The summed E-state index contributed by atoms with van der Waals surface area (Å²) in [5, 5.41) is 17.7. The molecular weight excluding hydrogens is 372 g/mol. The molecule has 0 radical (unpaired) electrons. The second kappa shape index (κ2) is 7.02. The minimum atomic E-state index is -0.0342. The predicted molar refractivity (Wildman–Crippen MR) is 105 cm³/mol. The van der Waals surface area contributed by atoms with Crippen LogP contribution in [0.5, 0.6) is 5.88 Å². The summed E-state index contributed by atoms with van der Waals surface area (Å²) in [7, 11) is 3.92. The first kappa shape index (κ1) is 17.9. The molecule has 29 heavy (non-hydrogen) atoms. The smallest absolute Gasteiger partial charge is 0.274 e. The third-order valence-corrected chi connectivity index (χ3v) is 5.60. The molecule has 152 valence electrons. The number of aromatic nitrogens is 6. The highest BCUT2D eigenvalue weighted by Gasteiger charge is 2.29. The van der Waals surface area contributed by atoms with Crippen molar-refractivity contribution in [3.05, 3.63) is 29.7 Å². The van der Waals surface area contributed by atoms with Crippen LogP contribution in [0, 0.1) is 0 Å². The summed E-state index contributed by atoms with van der Waals surface area (Å²) in [4.78, 5) is 16.7. The number of hydrogen-bond acceptors (Lipinski definition) is 7. The first-order valence-corrected chi connectivity index (χ1v) is 10.00. The van der Waals surface area contributed by atoms with Gasteiger partial charge in [0.1, 0.15) is 5.82 Å². The molecule has 5 heterocycles. The molecule has 0 aliphatic carbocycles. The first-order chi connectivity index (χ1) is 14.1. The summed E-state index contributed by atoms with van der Waals surface area (Å²) in [6, 6.07) is 5.62. The lowest BCUT2D eigenvalue weighted by Gasteiger charge is -2.30. The van der Waals surface area contributed by atoms with Crippen LogP contribution in [0.2, 0.25) is 0 Å². The quantitative estimate of drug-likeness (QED) is 0.656. The van der Waals surface area contributed by atoms with Gasteiger partial charge >= 0.3 is 0 Å². The Kier molecular flexibility index (Phi) is 4.33. The molecule has 5 rings (SSSR count). The average Bonchev–Trinajstić information content (AvgIpc) is 3.37. The number of nitrogens with zero attached hydrogens (tertiary/aromatic N) is 8. The third kappa shape index (κ3) is 3.18. The number of aryl methyl sites for hydroxylation is 1. The lowest BCUT2D eigenvalue weighted by molar-refractivity contribution is 0.0703. The summed E-state index contributed by atoms with van der Waals surface area (Å²) in [6.45, 7) is 2.80. The highest BCUT2D eigenvalue weighted by molar-refractivity contribution is 5.92. The van der Waals surface area contributed by atoms with Gasteiger partial charge in [-0.1, -0.05) is 0 Å². The summed E-state index contributed by atoms with van der Waals surface area (Å²) in [6.07, 6.45) is 2.57. The fraction of sp³-hybridized carbons (Fsp3) is 0.526. The molecule has 2 aliphatic rings. The molecule has 1 amide bonds. The van der Waals surface area contributed by atoms with Gasteiger partial charge < -0.3 is 14.5 Å². The van der Waals surface area contributed by atoms with Crippen molar-refractivity contribution in [3.8, 4) is 5.88 Å². The van der Waals surface area contributed by atoms with Crippen molar-refractivity contribution < 1.29 is 9.53 Å². The van der Waals surface area contributed by atoms with Crippen LogP contribution in [0.25, 0.3) is 5.65 Å². The van der Waals surface area contributed by atoms with E-state index in [4.69, 9.17) is 4.74 Å². The van der Waals surface area contributed by atoms with E-state index in [0.29, 0.717) is 31.3 Å². The van der Waals surface area contributed by atoms with Crippen LogP contribution in [0.1, 0.15) is 41.5 Å². The van der Waals surface area contributed by atoms with E-state index in [0.717, 1.165) is 43.1 Å². The Bertz CT molecular complexity index is 1020. The van der Waals surface area contributed by atoms with Gasteiger partial charge in [-0.3, -0.25) is 4.79 Å². The number of fused-ring (bicyclic) bond motifs is 2. The number of anilines is 1. The van der Waals surface area contributed by atoms with Crippen LogP contribution in [-0.2, 0) is 6.54 Å². The van der Waals surface area contributed by atoms with Gasteiger partial charge in [-0.05, 0) is 25.0 Å². The van der Waals surface area contributed by atoms with Crippen LogP contribution in [-0.4, -0.2) is 74.2 Å². The molecular formula is C19H24N8O2. The topological polar surface area (TPSA) is 93.7 Å². The minimum absolute atomic E-state index is 0.0342. The van der Waals surface area contributed by atoms with Gasteiger partial charge in [-0.15, -0.1) is 15.3 Å². The van der Waals surface area contributed by atoms with E-state index in [9.17, 15) is 4.79 Å². The predicted octanol–water partition coefficient (Wildman–Crippen LogP) is 1.19. The van der Waals surface area contributed by atoms with Crippen molar-refractivity contribution in [1.29, 1.82) is 0 Å². The number of carbonyl (C=O) groups excluding carboxylic acids is 1. The van der Waals surface area contributed by atoms with Crippen LogP contribution < -0.4 is 9.64 Å². The van der Waals surface area contributed by atoms with Gasteiger partial charge in [0.2, 0.25) is 5.88 Å². The van der Waals surface area contributed by atoms with Gasteiger partial charge in [-0.2, -0.15) is 9.61 Å². The number of amides is 1. The van der Waals surface area contributed by atoms with Crippen molar-refractivity contribution in [2.45, 2.75) is 31.7 Å². The number of carbonyl (C=O) groups is 1. The molecule has 0 spiro atoms. The molecule has 0 saturated carbocycles. The lowest BCUT2D eigenvalue weighted by atomic mass is 9.96. The monoisotopic (exact) mass is 396 g/mol. The highest BCUT2D eigenvalue weighted by atomic mass is 16.5. The fourth-order valence-electron chi connectivity index (χ4n) is 3.96. The van der Waals surface area contributed by atoms with E-state index >= 15 is 0 Å². The maximum atomic E-state index is 12.9. The molecule has 10 nitrogen and oxygen atoms in total. The average molecular weight is 396 g/mol. The zero-order valence-corrected chi connectivity index (χ0v) is 16.7. The van der Waals surface area contributed by atoms with Crippen molar-refractivity contribution in [3.63, 3.8) is 0 Å². The SMILES string of the molecule is CN(C)c1ccc2nnc(C3CCN(C(=O)c4cc5n(n4)CCCO5)CC3)n2n1. The summed E-state index contributed by atoms with van der Waals surface area (Å²) >= 11 is 0. The zero-order chi connectivity index (χ0) is 20.0. The van der Waals surface area contributed by atoms with Gasteiger partial charge in [0.25, 0.3) is 5.91 Å². The number of hydrogen-bond donors (Lipinski definition) is 0. The number of ether oxygens (including phenoxy) is 1. The van der Waals surface area contributed by atoms with Gasteiger partial charge in [0.15, 0.2) is 17.2 Å². The maximum absolute atomic E-state index is 12.9. The molecule has 2 aliphatic heterocycles. The lowest BCUT2D eigenvalue weighted by Crippen LogP contribution is -2.38. The molecule has 0 atom stereocenters. The Morgan fingerprint density at radius 2 is 1.97 bits per heavy atom. The van der Waals surface area contributed by atoms with Crippen molar-refractivity contribution in [2.24, 2.45) is 0 Å². The van der Waals surface area contributed by atoms with E-state index in [1.54, 1.807) is 10.7 Å². The Labute approximate surface area is 168 Å². The summed E-state index contributed by atoms with van der Waals surface area (Å²) in [5.41, 5.74) is 1.21. The third-order valence-electron chi connectivity index (χ3n) is 5.60. The molecule has 1 fully saturated rings. The van der Waals surface area contributed by atoms with Crippen LogP contribution in [0.4, 0.5) is 5.82 Å². The standard InChI is InChI=1S/C19H24N8O2/c1-24(2)16-5-4-15-20-21-18(27(15)23-16)13-6-9-25(10-7-13)19(28)14-12-17-26(22-14)8-3-11-29-17/h4-5,12-13H,3,6-11H2,1-2H3. The normalized spacial score (nSPS) is 17.2. The highest BCUT2D eigenvalue weighted by Crippen LogP contribution is 2.28. The van der Waals surface area contributed by atoms with Crippen molar-refractivity contribution in [2.75, 3.05) is 38.7 Å². The fourth-order valence-corrected chi connectivity index (χ4v) is 3.96. The van der Waals surface area contributed by atoms with E-state index in [1.807, 2.05) is 40.5 Å². The van der Waals surface area contributed by atoms with Crippen LogP contribution in [0.3, 0.4) is 0 Å². The van der Waals surface area contributed by atoms with E-state index < -0.39 is 0 Å². The Morgan fingerprint density at radius 3 is 2.72 bits per heavy atom. The van der Waals surface area contributed by atoms with E-state index in [2.05, 4.69) is 20.4 Å². The largest absolute Gasteiger partial charge is 0.478 e. The molecule has 0 N–H and O–H groups in total. The van der Waals surface area contributed by atoms with Gasteiger partial charge in [0.05, 0.1) is 6.61 Å². The Hall–Kier alpha value is -3.17. The van der Waals surface area contributed by atoms with Crippen molar-refractivity contribution in [1.82, 2.24) is 34.5 Å². The van der Waals surface area contributed by atoms with Gasteiger partial charge in [0, 0.05) is 52.1 Å². The van der Waals surface area contributed by atoms with Gasteiger partial charge in [-0.25, -0.2) is 4.68 Å². The molecule has 3 aromatic heterocycles. The molecule has 3 aromatic rings. The maximum Gasteiger partial charge on any atom is 0.274 e. The molecule has 0 bridgehead atoms. The second-order valence-corrected chi connectivity index (χ2v) is 7.77. The Morgan fingerprint density at radius 1 is 1.14 bits per heavy atom. The number of likely N-dealkylation sites (tertiary alicyclic amines) is 1.